The van der Waals surface area contributed by atoms with Crippen LogP contribution in [-0.4, -0.2) is 25.9 Å². The van der Waals surface area contributed by atoms with Gasteiger partial charge in [0.05, 0.1) is 5.25 Å². The minimum Gasteiger partial charge on any atom is -0.325 e. The Morgan fingerprint density at radius 2 is 1.95 bits per heavy atom. The third-order valence-electron chi connectivity index (χ3n) is 2.81. The van der Waals surface area contributed by atoms with Gasteiger partial charge in [0.1, 0.15) is 6.33 Å². The Bertz CT molecular complexity index is 603. The normalized spacial score (nSPS) is 12.2. The highest BCUT2D eigenvalue weighted by Crippen LogP contribution is 2.22. The maximum absolute atomic E-state index is 12.2. The standard InChI is InChI=1S/C14H18N4OS/c1-9-5-10(2)7-12(6-9)16-13(19)11(3)20-14-17-15-8-18(14)4/h5-8,11H,1-4H3,(H,16,19). The van der Waals surface area contributed by atoms with E-state index in [-0.39, 0.29) is 11.2 Å². The van der Waals surface area contributed by atoms with Crippen molar-refractivity contribution < 1.29 is 4.79 Å². The molecule has 1 atom stereocenters. The monoisotopic (exact) mass is 290 g/mol. The number of carbonyl (C=O) groups excluding carboxylic acids is 1. The van der Waals surface area contributed by atoms with E-state index < -0.39 is 0 Å². The lowest BCUT2D eigenvalue weighted by atomic mass is 10.1. The van der Waals surface area contributed by atoms with Crippen molar-refractivity contribution in [2.24, 2.45) is 7.05 Å². The van der Waals surface area contributed by atoms with Crippen molar-refractivity contribution in [3.05, 3.63) is 35.7 Å². The summed E-state index contributed by atoms with van der Waals surface area (Å²) < 4.78 is 1.80. The Morgan fingerprint density at radius 3 is 2.50 bits per heavy atom. The molecule has 5 nitrogen and oxygen atoms in total. The number of benzene rings is 1. The topological polar surface area (TPSA) is 59.8 Å². The Kier molecular flexibility index (Phi) is 4.44. The van der Waals surface area contributed by atoms with Crippen molar-refractivity contribution in [1.82, 2.24) is 14.8 Å². The van der Waals surface area contributed by atoms with Gasteiger partial charge in [0.15, 0.2) is 5.16 Å². The highest BCUT2D eigenvalue weighted by Gasteiger charge is 2.17. The quantitative estimate of drug-likeness (QED) is 0.879. The molecular formula is C14H18N4OS. The second-order valence-electron chi connectivity index (χ2n) is 4.85. The van der Waals surface area contributed by atoms with Crippen LogP contribution in [0.4, 0.5) is 5.69 Å². The van der Waals surface area contributed by atoms with E-state index in [1.165, 1.54) is 11.8 Å². The maximum atomic E-state index is 12.2. The lowest BCUT2D eigenvalue weighted by molar-refractivity contribution is -0.115. The van der Waals surface area contributed by atoms with Crippen LogP contribution in [0, 0.1) is 13.8 Å². The Labute approximate surface area is 122 Å². The van der Waals surface area contributed by atoms with Gasteiger partial charge < -0.3 is 9.88 Å². The van der Waals surface area contributed by atoms with Gasteiger partial charge in [-0.3, -0.25) is 4.79 Å². The number of aromatic nitrogens is 3. The average Bonchev–Trinajstić information content (AvgIpc) is 2.73. The molecule has 106 valence electrons. The zero-order chi connectivity index (χ0) is 14.7. The molecule has 0 saturated heterocycles. The summed E-state index contributed by atoms with van der Waals surface area (Å²) in [5.41, 5.74) is 3.10. The molecule has 1 aromatic carbocycles. The molecule has 0 aliphatic heterocycles. The zero-order valence-corrected chi connectivity index (χ0v) is 12.9. The second-order valence-corrected chi connectivity index (χ2v) is 6.16. The van der Waals surface area contributed by atoms with Gasteiger partial charge in [0.2, 0.25) is 5.91 Å². The van der Waals surface area contributed by atoms with Gasteiger partial charge in [0.25, 0.3) is 0 Å². The van der Waals surface area contributed by atoms with E-state index in [0.717, 1.165) is 22.0 Å². The van der Waals surface area contributed by atoms with E-state index >= 15 is 0 Å². The molecule has 20 heavy (non-hydrogen) atoms. The number of rotatable bonds is 4. The van der Waals surface area contributed by atoms with Crippen LogP contribution in [-0.2, 0) is 11.8 Å². The number of aryl methyl sites for hydroxylation is 3. The fourth-order valence-corrected chi connectivity index (χ4v) is 2.67. The summed E-state index contributed by atoms with van der Waals surface area (Å²) in [6.45, 7) is 5.89. The van der Waals surface area contributed by atoms with Crippen LogP contribution in [0.5, 0.6) is 0 Å². The van der Waals surface area contributed by atoms with Crippen LogP contribution in [0.15, 0.2) is 29.7 Å². The molecule has 2 aromatic rings. The summed E-state index contributed by atoms with van der Waals surface area (Å²) in [6.07, 6.45) is 1.62. The molecule has 6 heteroatoms. The van der Waals surface area contributed by atoms with Crippen molar-refractivity contribution in [3.8, 4) is 0 Å². The first-order valence-electron chi connectivity index (χ1n) is 6.35. The third kappa shape index (κ3) is 3.60. The molecule has 0 spiro atoms. The molecule has 0 radical (unpaired) electrons. The van der Waals surface area contributed by atoms with E-state index in [1.807, 2.05) is 40.0 Å². The van der Waals surface area contributed by atoms with Crippen molar-refractivity contribution in [3.63, 3.8) is 0 Å². The Hall–Kier alpha value is -1.82. The van der Waals surface area contributed by atoms with Crippen LogP contribution >= 0.6 is 11.8 Å². The summed E-state index contributed by atoms with van der Waals surface area (Å²) in [4.78, 5) is 12.2. The summed E-state index contributed by atoms with van der Waals surface area (Å²) in [5.74, 6) is -0.0389. The fourth-order valence-electron chi connectivity index (χ4n) is 1.88. The van der Waals surface area contributed by atoms with Crippen LogP contribution in [0.25, 0.3) is 0 Å². The minimum atomic E-state index is -0.237. The number of nitrogens with zero attached hydrogens (tertiary/aromatic N) is 3. The lowest BCUT2D eigenvalue weighted by Gasteiger charge is -2.12. The van der Waals surface area contributed by atoms with E-state index in [2.05, 4.69) is 21.6 Å². The Morgan fingerprint density at radius 1 is 1.30 bits per heavy atom. The third-order valence-corrected chi connectivity index (χ3v) is 3.96. The van der Waals surface area contributed by atoms with Gasteiger partial charge in [-0.05, 0) is 44.0 Å². The summed E-state index contributed by atoms with van der Waals surface area (Å²) >= 11 is 1.39. The molecule has 0 aliphatic carbocycles. The predicted molar refractivity (Wildman–Crippen MR) is 80.9 cm³/mol. The molecule has 1 aromatic heterocycles. The van der Waals surface area contributed by atoms with Crippen molar-refractivity contribution in [2.75, 3.05) is 5.32 Å². The summed E-state index contributed by atoms with van der Waals surface area (Å²) in [6, 6.07) is 6.00. The van der Waals surface area contributed by atoms with Crippen LogP contribution in [0.1, 0.15) is 18.1 Å². The molecule has 0 bridgehead atoms. The number of carbonyl (C=O) groups is 1. The number of nitrogens with one attached hydrogen (secondary N) is 1. The average molecular weight is 290 g/mol. The predicted octanol–water partition coefficient (Wildman–Crippen LogP) is 2.55. The first-order valence-corrected chi connectivity index (χ1v) is 7.23. The molecule has 1 amide bonds. The smallest absolute Gasteiger partial charge is 0.237 e. The summed E-state index contributed by atoms with van der Waals surface area (Å²) in [7, 11) is 1.86. The molecule has 0 saturated carbocycles. The fraction of sp³-hybridized carbons (Fsp3) is 0.357. The summed E-state index contributed by atoms with van der Waals surface area (Å²) in [5, 5.41) is 11.2. The number of hydrogen-bond acceptors (Lipinski definition) is 4. The largest absolute Gasteiger partial charge is 0.325 e. The van der Waals surface area contributed by atoms with E-state index in [1.54, 1.807) is 10.9 Å². The highest BCUT2D eigenvalue weighted by atomic mass is 32.2. The number of thioether (sulfide) groups is 1. The molecule has 1 N–H and O–H groups in total. The van der Waals surface area contributed by atoms with Gasteiger partial charge >= 0.3 is 0 Å². The zero-order valence-electron chi connectivity index (χ0n) is 12.0. The van der Waals surface area contributed by atoms with E-state index in [4.69, 9.17) is 0 Å². The van der Waals surface area contributed by atoms with Crippen LogP contribution in [0.2, 0.25) is 0 Å². The first-order chi connectivity index (χ1) is 9.45. The van der Waals surface area contributed by atoms with Crippen molar-refractivity contribution in [2.45, 2.75) is 31.2 Å². The number of anilines is 1. The van der Waals surface area contributed by atoms with Gasteiger partial charge in [-0.15, -0.1) is 10.2 Å². The van der Waals surface area contributed by atoms with Crippen LogP contribution in [0.3, 0.4) is 0 Å². The van der Waals surface area contributed by atoms with Crippen molar-refractivity contribution >= 4 is 23.4 Å². The molecule has 1 unspecified atom stereocenters. The van der Waals surface area contributed by atoms with Gasteiger partial charge in [-0.1, -0.05) is 17.8 Å². The van der Waals surface area contributed by atoms with Crippen molar-refractivity contribution in [1.29, 1.82) is 0 Å². The van der Waals surface area contributed by atoms with Gasteiger partial charge in [0, 0.05) is 12.7 Å². The van der Waals surface area contributed by atoms with Crippen LogP contribution < -0.4 is 5.32 Å². The van der Waals surface area contributed by atoms with Gasteiger partial charge in [-0.25, -0.2) is 0 Å². The first kappa shape index (κ1) is 14.6. The van der Waals surface area contributed by atoms with E-state index in [0.29, 0.717) is 0 Å². The number of hydrogen-bond donors (Lipinski definition) is 1. The minimum absolute atomic E-state index is 0.0389. The second kappa shape index (κ2) is 6.09. The molecule has 0 fully saturated rings. The highest BCUT2D eigenvalue weighted by molar-refractivity contribution is 8.00. The molecule has 0 aliphatic rings. The molecule has 1 heterocycles. The molecule has 2 rings (SSSR count). The van der Waals surface area contributed by atoms with E-state index in [9.17, 15) is 4.79 Å². The van der Waals surface area contributed by atoms with Gasteiger partial charge in [-0.2, -0.15) is 0 Å². The lowest BCUT2D eigenvalue weighted by Crippen LogP contribution is -2.22. The maximum Gasteiger partial charge on any atom is 0.237 e. The molecular weight excluding hydrogens is 272 g/mol. The number of amides is 1. The Balaban J connectivity index is 2.02. The SMILES string of the molecule is Cc1cc(C)cc(NC(=O)C(C)Sc2nncn2C)c1.